The van der Waals surface area contributed by atoms with Crippen molar-refractivity contribution in [1.29, 1.82) is 0 Å². The van der Waals surface area contributed by atoms with E-state index >= 15 is 0 Å². The van der Waals surface area contributed by atoms with Gasteiger partial charge in [0.2, 0.25) is 10.0 Å². The lowest BCUT2D eigenvalue weighted by molar-refractivity contribution is 0.0729. The minimum absolute atomic E-state index is 0.125. The van der Waals surface area contributed by atoms with E-state index in [1.807, 2.05) is 0 Å². The molecule has 0 radical (unpaired) electrons. The molecule has 0 N–H and O–H groups in total. The summed E-state index contributed by atoms with van der Waals surface area (Å²) in [5.41, 5.74) is 1.19. The van der Waals surface area contributed by atoms with Crippen LogP contribution in [0.3, 0.4) is 0 Å². The summed E-state index contributed by atoms with van der Waals surface area (Å²) in [6.07, 6.45) is 1.84. The van der Waals surface area contributed by atoms with E-state index in [0.29, 0.717) is 25.2 Å². The van der Waals surface area contributed by atoms with E-state index in [4.69, 9.17) is 0 Å². The van der Waals surface area contributed by atoms with Gasteiger partial charge in [0.25, 0.3) is 5.91 Å². The number of sulfonamides is 1. The average molecular weight is 405 g/mol. The minimum atomic E-state index is -3.63. The number of halogens is 1. The van der Waals surface area contributed by atoms with Crippen LogP contribution in [0.4, 0.5) is 4.39 Å². The van der Waals surface area contributed by atoms with Crippen LogP contribution in [0.15, 0.2) is 53.4 Å². The molecule has 0 unspecified atom stereocenters. The molecular formula is C21H25FN2O3S. The number of rotatable bonds is 8. The van der Waals surface area contributed by atoms with Crippen LogP contribution in [0.5, 0.6) is 0 Å². The Hall–Kier alpha value is -2.25. The minimum Gasteiger partial charge on any atom is -0.331 e. The maximum Gasteiger partial charge on any atom is 0.254 e. The van der Waals surface area contributed by atoms with Gasteiger partial charge in [-0.1, -0.05) is 32.0 Å². The summed E-state index contributed by atoms with van der Waals surface area (Å²) < 4.78 is 40.1. The van der Waals surface area contributed by atoms with Gasteiger partial charge in [-0.15, -0.1) is 0 Å². The topological polar surface area (TPSA) is 57.7 Å². The van der Waals surface area contributed by atoms with Gasteiger partial charge in [0.15, 0.2) is 0 Å². The van der Waals surface area contributed by atoms with Crippen molar-refractivity contribution in [1.82, 2.24) is 9.21 Å². The highest BCUT2D eigenvalue weighted by atomic mass is 32.2. The molecular weight excluding hydrogens is 379 g/mol. The fourth-order valence-electron chi connectivity index (χ4n) is 3.21. The Kier molecular flexibility index (Phi) is 6.15. The van der Waals surface area contributed by atoms with Crippen LogP contribution >= 0.6 is 0 Å². The fraction of sp³-hybridized carbons (Fsp3) is 0.381. The molecule has 1 amide bonds. The molecule has 0 saturated heterocycles. The summed E-state index contributed by atoms with van der Waals surface area (Å²) in [5, 5.41) is 0. The lowest BCUT2D eigenvalue weighted by atomic mass is 10.1. The van der Waals surface area contributed by atoms with Crippen molar-refractivity contribution in [2.24, 2.45) is 0 Å². The van der Waals surface area contributed by atoms with Crippen LogP contribution in [0.25, 0.3) is 0 Å². The molecule has 0 aliphatic heterocycles. The normalized spacial score (nSPS) is 14.3. The Balaban J connectivity index is 1.87. The molecule has 150 valence electrons. The standard InChI is InChI=1S/C21H25FN2O3S/c1-3-23(4-2)28(26,27)20-7-5-6-17(14-20)21(25)24(19-12-13-19)15-16-8-10-18(22)11-9-16/h5-11,14,19H,3-4,12-13,15H2,1-2H3. The van der Waals surface area contributed by atoms with Gasteiger partial charge in [0, 0.05) is 31.2 Å². The highest BCUT2D eigenvalue weighted by Crippen LogP contribution is 2.30. The second kappa shape index (κ2) is 8.41. The number of carbonyl (C=O) groups is 1. The maximum atomic E-state index is 13.2. The third-order valence-corrected chi connectivity index (χ3v) is 6.98. The Morgan fingerprint density at radius 2 is 1.71 bits per heavy atom. The van der Waals surface area contributed by atoms with Gasteiger partial charge in [-0.3, -0.25) is 4.79 Å². The van der Waals surface area contributed by atoms with Crippen molar-refractivity contribution in [3.05, 3.63) is 65.5 Å². The van der Waals surface area contributed by atoms with Crippen LogP contribution in [-0.4, -0.2) is 42.7 Å². The summed E-state index contributed by atoms with van der Waals surface area (Å²) in [4.78, 5) is 15.0. The highest BCUT2D eigenvalue weighted by Gasteiger charge is 2.33. The fourth-order valence-corrected chi connectivity index (χ4v) is 4.71. The lowest BCUT2D eigenvalue weighted by Gasteiger charge is -2.23. The van der Waals surface area contributed by atoms with Crippen molar-refractivity contribution in [2.45, 2.75) is 44.2 Å². The lowest BCUT2D eigenvalue weighted by Crippen LogP contribution is -2.33. The van der Waals surface area contributed by atoms with Gasteiger partial charge in [-0.2, -0.15) is 4.31 Å². The Bertz CT molecular complexity index is 936. The van der Waals surface area contributed by atoms with Gasteiger partial charge in [-0.25, -0.2) is 12.8 Å². The Labute approximate surface area is 165 Å². The first kappa shape index (κ1) is 20.5. The summed E-state index contributed by atoms with van der Waals surface area (Å²) in [6, 6.07) is 12.4. The van der Waals surface area contributed by atoms with Crippen LogP contribution in [0, 0.1) is 5.82 Å². The van der Waals surface area contributed by atoms with Gasteiger partial charge >= 0.3 is 0 Å². The molecule has 0 aromatic heterocycles. The Morgan fingerprint density at radius 3 is 2.29 bits per heavy atom. The largest absolute Gasteiger partial charge is 0.331 e. The molecule has 0 heterocycles. The average Bonchev–Trinajstić information content (AvgIpc) is 3.53. The zero-order valence-electron chi connectivity index (χ0n) is 16.1. The molecule has 2 aromatic carbocycles. The zero-order chi connectivity index (χ0) is 20.3. The first-order chi connectivity index (χ1) is 13.4. The number of benzene rings is 2. The van der Waals surface area contributed by atoms with E-state index in [0.717, 1.165) is 18.4 Å². The molecule has 1 aliphatic carbocycles. The molecule has 0 atom stereocenters. The van der Waals surface area contributed by atoms with Crippen LogP contribution in [-0.2, 0) is 16.6 Å². The molecule has 1 aliphatic rings. The van der Waals surface area contributed by atoms with Gasteiger partial charge in [0.1, 0.15) is 5.82 Å². The third kappa shape index (κ3) is 4.42. The quantitative estimate of drug-likeness (QED) is 0.675. The van der Waals surface area contributed by atoms with Crippen molar-refractivity contribution in [2.75, 3.05) is 13.1 Å². The van der Waals surface area contributed by atoms with E-state index in [2.05, 4.69) is 0 Å². The molecule has 2 aromatic rings. The smallest absolute Gasteiger partial charge is 0.254 e. The molecule has 0 spiro atoms. The predicted molar refractivity (Wildman–Crippen MR) is 106 cm³/mol. The molecule has 1 fully saturated rings. The third-order valence-electron chi connectivity index (χ3n) is 4.94. The van der Waals surface area contributed by atoms with E-state index in [1.54, 1.807) is 43.0 Å². The second-order valence-corrected chi connectivity index (χ2v) is 8.85. The van der Waals surface area contributed by atoms with Crippen LogP contribution in [0.1, 0.15) is 42.6 Å². The van der Waals surface area contributed by atoms with Gasteiger partial charge < -0.3 is 4.90 Å². The van der Waals surface area contributed by atoms with Crippen molar-refractivity contribution in [3.63, 3.8) is 0 Å². The van der Waals surface area contributed by atoms with Crippen LogP contribution in [0.2, 0.25) is 0 Å². The second-order valence-electron chi connectivity index (χ2n) is 6.91. The SMILES string of the molecule is CCN(CC)S(=O)(=O)c1cccc(C(=O)N(Cc2ccc(F)cc2)C2CC2)c1. The first-order valence-corrected chi connectivity index (χ1v) is 11.0. The summed E-state index contributed by atoms with van der Waals surface area (Å²) in [6.45, 7) is 4.68. The highest BCUT2D eigenvalue weighted by molar-refractivity contribution is 7.89. The monoisotopic (exact) mass is 404 g/mol. The number of carbonyl (C=O) groups excluding carboxylic acids is 1. The van der Waals surface area contributed by atoms with E-state index in [9.17, 15) is 17.6 Å². The molecule has 3 rings (SSSR count). The number of hydrogen-bond acceptors (Lipinski definition) is 3. The number of nitrogens with zero attached hydrogens (tertiary/aromatic N) is 2. The molecule has 0 bridgehead atoms. The summed E-state index contributed by atoms with van der Waals surface area (Å²) in [5.74, 6) is -0.522. The van der Waals surface area contributed by atoms with Crippen LogP contribution < -0.4 is 0 Å². The number of amides is 1. The van der Waals surface area contributed by atoms with Gasteiger partial charge in [0.05, 0.1) is 4.90 Å². The van der Waals surface area contributed by atoms with Crippen molar-refractivity contribution >= 4 is 15.9 Å². The van der Waals surface area contributed by atoms with Gasteiger partial charge in [-0.05, 0) is 48.7 Å². The molecule has 1 saturated carbocycles. The molecule has 28 heavy (non-hydrogen) atoms. The van der Waals surface area contributed by atoms with E-state index in [1.165, 1.54) is 28.6 Å². The molecule has 7 heteroatoms. The molecule has 5 nitrogen and oxygen atoms in total. The zero-order valence-corrected chi connectivity index (χ0v) is 17.0. The van der Waals surface area contributed by atoms with Crippen molar-refractivity contribution in [3.8, 4) is 0 Å². The Morgan fingerprint density at radius 1 is 1.07 bits per heavy atom. The summed E-state index contributed by atoms with van der Waals surface area (Å²) in [7, 11) is -3.63. The summed E-state index contributed by atoms with van der Waals surface area (Å²) >= 11 is 0. The predicted octanol–water partition coefficient (Wildman–Crippen LogP) is 3.66. The number of hydrogen-bond donors (Lipinski definition) is 0. The van der Waals surface area contributed by atoms with Crippen molar-refractivity contribution < 1.29 is 17.6 Å². The first-order valence-electron chi connectivity index (χ1n) is 9.52. The maximum absolute atomic E-state index is 13.2. The van der Waals surface area contributed by atoms with E-state index < -0.39 is 10.0 Å². The van der Waals surface area contributed by atoms with E-state index in [-0.39, 0.29) is 22.7 Å².